The van der Waals surface area contributed by atoms with Crippen molar-refractivity contribution in [2.45, 2.75) is 46.1 Å². The van der Waals surface area contributed by atoms with Gasteiger partial charge in [-0.1, -0.05) is 20.8 Å². The molecule has 14 heavy (non-hydrogen) atoms. The zero-order chi connectivity index (χ0) is 11.1. The molecule has 0 heterocycles. The van der Waals surface area contributed by atoms with Crippen LogP contribution >= 0.6 is 0 Å². The van der Waals surface area contributed by atoms with E-state index in [-0.39, 0.29) is 11.9 Å². The molecular weight excluding hydrogens is 176 g/mol. The second-order valence-electron chi connectivity index (χ2n) is 4.26. The van der Waals surface area contributed by atoms with Crippen LogP contribution in [-0.2, 0) is 4.79 Å². The summed E-state index contributed by atoms with van der Waals surface area (Å²) in [5.41, 5.74) is 5.90. The highest BCUT2D eigenvalue weighted by molar-refractivity contribution is 5.75. The van der Waals surface area contributed by atoms with Crippen molar-refractivity contribution in [3.8, 4) is 0 Å². The van der Waals surface area contributed by atoms with Crippen LogP contribution in [0.25, 0.3) is 0 Å². The maximum atomic E-state index is 11.4. The first kappa shape index (κ1) is 13.4. The molecule has 1 amide bonds. The predicted octanol–water partition coefficient (Wildman–Crippen LogP) is 1.62. The molecule has 0 spiro atoms. The van der Waals surface area contributed by atoms with Crippen molar-refractivity contribution in [3.05, 3.63) is 0 Å². The van der Waals surface area contributed by atoms with Crippen molar-refractivity contribution in [3.63, 3.8) is 0 Å². The Kier molecular flexibility index (Phi) is 6.54. The first-order valence-electron chi connectivity index (χ1n) is 5.48. The quantitative estimate of drug-likeness (QED) is 0.708. The third-order valence-electron chi connectivity index (χ3n) is 2.54. The molecule has 0 aromatic heterocycles. The van der Waals surface area contributed by atoms with Gasteiger partial charge < -0.3 is 10.6 Å². The summed E-state index contributed by atoms with van der Waals surface area (Å²) in [5.74, 6) is 0.716. The summed E-state index contributed by atoms with van der Waals surface area (Å²) < 4.78 is 0. The molecule has 0 aliphatic carbocycles. The molecule has 2 N–H and O–H groups in total. The predicted molar refractivity (Wildman–Crippen MR) is 60.0 cm³/mol. The van der Waals surface area contributed by atoms with Gasteiger partial charge in [-0.15, -0.1) is 0 Å². The van der Waals surface area contributed by atoms with Crippen LogP contribution in [0.15, 0.2) is 0 Å². The van der Waals surface area contributed by atoms with Crippen LogP contribution in [0.4, 0.5) is 0 Å². The molecule has 0 radical (unpaired) electrons. The van der Waals surface area contributed by atoms with Crippen LogP contribution in [0.2, 0.25) is 0 Å². The van der Waals surface area contributed by atoms with E-state index in [1.165, 1.54) is 0 Å². The smallest absolute Gasteiger partial charge is 0.222 e. The normalized spacial score (nSPS) is 13.0. The summed E-state index contributed by atoms with van der Waals surface area (Å²) in [5, 5.41) is 0. The fourth-order valence-electron chi connectivity index (χ4n) is 1.21. The minimum absolute atomic E-state index is 0.201. The first-order valence-corrected chi connectivity index (χ1v) is 5.48. The van der Waals surface area contributed by atoms with Crippen LogP contribution in [0.3, 0.4) is 0 Å². The number of hydrogen-bond acceptors (Lipinski definition) is 2. The molecule has 0 fully saturated rings. The van der Waals surface area contributed by atoms with Gasteiger partial charge in [0.25, 0.3) is 0 Å². The number of nitrogens with zero attached hydrogens (tertiary/aromatic N) is 1. The van der Waals surface area contributed by atoms with Gasteiger partial charge in [0.05, 0.1) is 0 Å². The highest BCUT2D eigenvalue weighted by atomic mass is 16.2. The Morgan fingerprint density at radius 1 is 1.43 bits per heavy atom. The van der Waals surface area contributed by atoms with Crippen LogP contribution in [-0.4, -0.2) is 30.4 Å². The Morgan fingerprint density at radius 2 is 2.00 bits per heavy atom. The van der Waals surface area contributed by atoms with Gasteiger partial charge in [0, 0.05) is 26.1 Å². The number of nitrogens with two attached hydrogens (primary N) is 1. The number of carbonyl (C=O) groups is 1. The second-order valence-corrected chi connectivity index (χ2v) is 4.26. The number of rotatable bonds is 6. The lowest BCUT2D eigenvalue weighted by atomic mass is 10.0. The monoisotopic (exact) mass is 200 g/mol. The third-order valence-corrected chi connectivity index (χ3v) is 2.54. The van der Waals surface area contributed by atoms with Crippen LogP contribution < -0.4 is 5.73 Å². The van der Waals surface area contributed by atoms with E-state index in [9.17, 15) is 4.79 Å². The summed E-state index contributed by atoms with van der Waals surface area (Å²) in [4.78, 5) is 13.2. The number of amides is 1. The maximum absolute atomic E-state index is 11.4. The maximum Gasteiger partial charge on any atom is 0.222 e. The largest absolute Gasteiger partial charge is 0.346 e. The molecule has 0 aliphatic heterocycles. The fourth-order valence-corrected chi connectivity index (χ4v) is 1.21. The molecule has 0 bridgehead atoms. The van der Waals surface area contributed by atoms with E-state index < -0.39 is 0 Å². The second kappa shape index (κ2) is 6.82. The van der Waals surface area contributed by atoms with E-state index in [2.05, 4.69) is 13.8 Å². The van der Waals surface area contributed by atoms with Crippen LogP contribution in [0, 0.1) is 5.92 Å². The minimum Gasteiger partial charge on any atom is -0.346 e. The van der Waals surface area contributed by atoms with Crippen molar-refractivity contribution < 1.29 is 4.79 Å². The number of carbonyl (C=O) groups excluding carboxylic acids is 1. The average Bonchev–Trinajstić information content (AvgIpc) is 2.13. The zero-order valence-corrected chi connectivity index (χ0v) is 9.92. The van der Waals surface area contributed by atoms with Gasteiger partial charge in [-0.3, -0.25) is 4.79 Å². The van der Waals surface area contributed by atoms with E-state index in [4.69, 9.17) is 5.73 Å². The van der Waals surface area contributed by atoms with Crippen molar-refractivity contribution in [2.75, 3.05) is 13.6 Å². The van der Waals surface area contributed by atoms with Gasteiger partial charge in [-0.25, -0.2) is 0 Å². The van der Waals surface area contributed by atoms with Gasteiger partial charge >= 0.3 is 0 Å². The van der Waals surface area contributed by atoms with Crippen molar-refractivity contribution in [2.24, 2.45) is 11.7 Å². The molecule has 0 aliphatic rings. The lowest BCUT2D eigenvalue weighted by Crippen LogP contribution is -2.34. The van der Waals surface area contributed by atoms with Gasteiger partial charge in [0.1, 0.15) is 0 Å². The summed E-state index contributed by atoms with van der Waals surface area (Å²) in [6, 6.07) is 0.201. The van der Waals surface area contributed by atoms with Gasteiger partial charge in [-0.2, -0.15) is 0 Å². The summed E-state index contributed by atoms with van der Waals surface area (Å²) in [6.07, 6.45) is 2.45. The Hall–Kier alpha value is -0.570. The molecule has 0 rings (SSSR count). The summed E-state index contributed by atoms with van der Waals surface area (Å²) in [6.45, 7) is 7.01. The molecular formula is C11H24N2O. The van der Waals surface area contributed by atoms with Crippen molar-refractivity contribution in [1.82, 2.24) is 4.90 Å². The zero-order valence-electron chi connectivity index (χ0n) is 9.92. The SMILES string of the molecule is CCCC(=O)N(C)CCC(N)C(C)C. The Bertz CT molecular complexity index is 169. The molecule has 3 nitrogen and oxygen atoms in total. The molecule has 1 atom stereocenters. The van der Waals surface area contributed by atoms with E-state index in [0.29, 0.717) is 12.3 Å². The van der Waals surface area contributed by atoms with E-state index in [1.807, 2.05) is 14.0 Å². The topological polar surface area (TPSA) is 46.3 Å². The molecule has 84 valence electrons. The highest BCUT2D eigenvalue weighted by Gasteiger charge is 2.11. The molecule has 1 unspecified atom stereocenters. The average molecular weight is 200 g/mol. The van der Waals surface area contributed by atoms with Crippen LogP contribution in [0.1, 0.15) is 40.0 Å². The van der Waals surface area contributed by atoms with Gasteiger partial charge in [-0.05, 0) is 18.8 Å². The molecule has 0 aromatic rings. The van der Waals surface area contributed by atoms with E-state index >= 15 is 0 Å². The Morgan fingerprint density at radius 3 is 2.43 bits per heavy atom. The van der Waals surface area contributed by atoms with Gasteiger partial charge in [0.15, 0.2) is 0 Å². The summed E-state index contributed by atoms with van der Waals surface area (Å²) >= 11 is 0. The first-order chi connectivity index (χ1) is 6.49. The Labute approximate surface area is 87.6 Å². The van der Waals surface area contributed by atoms with Crippen molar-refractivity contribution >= 4 is 5.91 Å². The molecule has 3 heteroatoms. The lowest BCUT2D eigenvalue weighted by molar-refractivity contribution is -0.130. The van der Waals surface area contributed by atoms with Crippen LogP contribution in [0.5, 0.6) is 0 Å². The van der Waals surface area contributed by atoms with Gasteiger partial charge in [0.2, 0.25) is 5.91 Å². The summed E-state index contributed by atoms with van der Waals surface area (Å²) in [7, 11) is 1.85. The number of hydrogen-bond donors (Lipinski definition) is 1. The third kappa shape index (κ3) is 5.22. The molecule has 0 saturated heterocycles. The molecule has 0 aromatic carbocycles. The van der Waals surface area contributed by atoms with Crippen molar-refractivity contribution in [1.29, 1.82) is 0 Å². The fraction of sp³-hybridized carbons (Fsp3) is 0.909. The lowest BCUT2D eigenvalue weighted by Gasteiger charge is -2.21. The van der Waals surface area contributed by atoms with E-state index in [1.54, 1.807) is 4.90 Å². The minimum atomic E-state index is 0.201. The molecule has 0 saturated carbocycles. The Balaban J connectivity index is 3.72. The highest BCUT2D eigenvalue weighted by Crippen LogP contribution is 2.04. The standard InChI is InChI=1S/C11H24N2O/c1-5-6-11(14)13(4)8-7-10(12)9(2)3/h9-10H,5-8,12H2,1-4H3. The van der Waals surface area contributed by atoms with E-state index in [0.717, 1.165) is 19.4 Å².